The molecule has 1 N–H and O–H groups in total. The first-order chi connectivity index (χ1) is 14.2. The number of aromatic nitrogens is 1. The molecule has 4 rings (SSSR count). The number of carbonyl (C=O) groups is 2. The van der Waals surface area contributed by atoms with Crippen molar-refractivity contribution in [3.8, 4) is 0 Å². The zero-order chi connectivity index (χ0) is 21.8. The van der Waals surface area contributed by atoms with Crippen molar-refractivity contribution in [2.24, 2.45) is 5.92 Å². The number of thioether (sulfide) groups is 1. The highest BCUT2D eigenvalue weighted by Crippen LogP contribution is 2.46. The van der Waals surface area contributed by atoms with Crippen molar-refractivity contribution in [3.05, 3.63) is 42.2 Å². The molecule has 1 aromatic heterocycles. The maximum atomic E-state index is 12.4. The largest absolute Gasteiger partial charge is 0.490 e. The quantitative estimate of drug-likeness (QED) is 0.718. The number of nitrogens with zero attached hydrogens (tertiary/aromatic N) is 2. The number of likely N-dealkylation sites (tertiary alicyclic amines) is 1. The van der Waals surface area contributed by atoms with Gasteiger partial charge in [-0.15, -0.1) is 11.8 Å². The molecular formula is C20H23F3N2O4S. The van der Waals surface area contributed by atoms with Crippen LogP contribution in [0, 0.1) is 5.92 Å². The minimum absolute atomic E-state index is 0.205. The van der Waals surface area contributed by atoms with E-state index in [0.717, 1.165) is 43.7 Å². The van der Waals surface area contributed by atoms with Gasteiger partial charge in [0, 0.05) is 37.2 Å². The number of ether oxygens (including phenoxy) is 1. The van der Waals surface area contributed by atoms with E-state index in [-0.39, 0.29) is 10.7 Å². The summed E-state index contributed by atoms with van der Waals surface area (Å²) in [5.41, 5.74) is 1.12. The lowest BCUT2D eigenvalue weighted by Crippen LogP contribution is -2.61. The molecule has 2 fully saturated rings. The number of alkyl halides is 3. The smallest absolute Gasteiger partial charge is 0.475 e. The van der Waals surface area contributed by atoms with Crippen LogP contribution in [-0.4, -0.2) is 62.7 Å². The van der Waals surface area contributed by atoms with Crippen LogP contribution >= 0.6 is 11.8 Å². The predicted octanol–water partition coefficient (Wildman–Crippen LogP) is 3.28. The van der Waals surface area contributed by atoms with E-state index in [0.29, 0.717) is 18.6 Å². The molecule has 0 saturated carbocycles. The number of carbonyl (C=O) groups excluding carboxylic acids is 1. The minimum atomic E-state index is -5.08. The second-order valence-corrected chi connectivity index (χ2v) is 9.12. The number of halogens is 3. The van der Waals surface area contributed by atoms with E-state index in [2.05, 4.69) is 17.1 Å². The van der Waals surface area contributed by atoms with Crippen LogP contribution in [0.3, 0.4) is 0 Å². The molecule has 1 aromatic rings. The molecule has 1 spiro atoms. The molecule has 3 aliphatic rings. The summed E-state index contributed by atoms with van der Waals surface area (Å²) < 4.78 is 38.0. The van der Waals surface area contributed by atoms with Gasteiger partial charge < -0.3 is 14.7 Å². The summed E-state index contributed by atoms with van der Waals surface area (Å²) in [6.45, 7) is 2.44. The second kappa shape index (κ2) is 9.38. The van der Waals surface area contributed by atoms with Crippen molar-refractivity contribution in [3.63, 3.8) is 0 Å². The molecule has 0 aromatic carbocycles. The highest BCUT2D eigenvalue weighted by Gasteiger charge is 2.51. The van der Waals surface area contributed by atoms with Crippen LogP contribution in [-0.2, 0) is 20.9 Å². The highest BCUT2D eigenvalue weighted by molar-refractivity contribution is 8.01. The SMILES string of the molecule is O=C(C1CC=CC1)N1CC2(CC(OCc3cccnc3)CS2)C1.O=C(O)C(F)(F)F. The number of carboxylic acids is 1. The lowest BCUT2D eigenvalue weighted by atomic mass is 9.91. The fourth-order valence-corrected chi connectivity index (χ4v) is 5.26. The van der Waals surface area contributed by atoms with E-state index in [9.17, 15) is 18.0 Å². The lowest BCUT2D eigenvalue weighted by molar-refractivity contribution is -0.192. The van der Waals surface area contributed by atoms with Gasteiger partial charge in [-0.2, -0.15) is 13.2 Å². The van der Waals surface area contributed by atoms with E-state index in [1.165, 1.54) is 0 Å². The zero-order valence-corrected chi connectivity index (χ0v) is 17.0. The lowest BCUT2D eigenvalue weighted by Gasteiger charge is -2.48. The molecule has 6 nitrogen and oxygen atoms in total. The number of carboxylic acid groups (broad SMARTS) is 1. The topological polar surface area (TPSA) is 79.7 Å². The molecule has 0 bridgehead atoms. The first-order valence-corrected chi connectivity index (χ1v) is 10.6. The standard InChI is InChI=1S/C18H22N2O2S.C2HF3O2/c21-17(15-5-1-2-6-15)20-12-18(13-20)8-16(11-23-18)22-10-14-4-3-7-19-9-14;3-2(4,5)1(6)7/h1-4,7,9,15-16H,5-6,8,10-13H2;(H,6,7). The summed E-state index contributed by atoms with van der Waals surface area (Å²) in [5.74, 6) is -1.17. The van der Waals surface area contributed by atoms with Gasteiger partial charge in [0.2, 0.25) is 5.91 Å². The third kappa shape index (κ3) is 5.75. The molecule has 2 saturated heterocycles. The molecule has 3 heterocycles. The van der Waals surface area contributed by atoms with Crippen LogP contribution in [0.1, 0.15) is 24.8 Å². The number of aliphatic carboxylic acids is 1. The highest BCUT2D eigenvalue weighted by atomic mass is 32.2. The molecule has 164 valence electrons. The van der Waals surface area contributed by atoms with E-state index in [1.807, 2.05) is 35.0 Å². The first kappa shape index (κ1) is 22.6. The van der Waals surface area contributed by atoms with Gasteiger partial charge in [0.05, 0.1) is 17.5 Å². The minimum Gasteiger partial charge on any atom is -0.475 e. The fourth-order valence-electron chi connectivity index (χ4n) is 3.71. The van der Waals surface area contributed by atoms with Gasteiger partial charge in [-0.25, -0.2) is 4.79 Å². The van der Waals surface area contributed by atoms with Gasteiger partial charge in [0.1, 0.15) is 0 Å². The van der Waals surface area contributed by atoms with E-state index in [4.69, 9.17) is 14.6 Å². The van der Waals surface area contributed by atoms with E-state index >= 15 is 0 Å². The number of amides is 1. The van der Waals surface area contributed by atoms with Crippen LogP contribution in [0.2, 0.25) is 0 Å². The van der Waals surface area contributed by atoms with Crippen molar-refractivity contribution in [1.29, 1.82) is 0 Å². The van der Waals surface area contributed by atoms with Gasteiger partial charge in [-0.3, -0.25) is 9.78 Å². The first-order valence-electron chi connectivity index (χ1n) is 9.57. The molecule has 2 aliphatic heterocycles. The Morgan fingerprint density at radius 3 is 2.53 bits per heavy atom. The summed E-state index contributed by atoms with van der Waals surface area (Å²) in [4.78, 5) is 27.5. The molecule has 1 atom stereocenters. The third-order valence-corrected chi connectivity index (χ3v) is 6.83. The Labute approximate surface area is 176 Å². The summed E-state index contributed by atoms with van der Waals surface area (Å²) in [6.07, 6.45) is 6.02. The predicted molar refractivity (Wildman–Crippen MR) is 105 cm³/mol. The second-order valence-electron chi connectivity index (χ2n) is 7.63. The Morgan fingerprint density at radius 2 is 1.97 bits per heavy atom. The van der Waals surface area contributed by atoms with E-state index < -0.39 is 12.1 Å². The van der Waals surface area contributed by atoms with Gasteiger partial charge in [0.15, 0.2) is 0 Å². The molecule has 1 aliphatic carbocycles. The maximum absolute atomic E-state index is 12.4. The Morgan fingerprint density at radius 1 is 1.30 bits per heavy atom. The molecular weight excluding hydrogens is 421 g/mol. The van der Waals surface area contributed by atoms with Gasteiger partial charge in [-0.05, 0) is 30.9 Å². The summed E-state index contributed by atoms with van der Waals surface area (Å²) in [5, 5.41) is 7.12. The number of hydrogen-bond acceptors (Lipinski definition) is 5. The number of hydrogen-bond donors (Lipinski definition) is 1. The average molecular weight is 444 g/mol. The van der Waals surface area contributed by atoms with Crippen molar-refractivity contribution in [2.45, 2.75) is 42.9 Å². The van der Waals surface area contributed by atoms with Gasteiger partial charge >= 0.3 is 12.1 Å². The number of rotatable bonds is 4. The van der Waals surface area contributed by atoms with Crippen molar-refractivity contribution in [2.75, 3.05) is 18.8 Å². The zero-order valence-electron chi connectivity index (χ0n) is 16.2. The number of allylic oxidation sites excluding steroid dienone is 2. The van der Waals surface area contributed by atoms with Crippen molar-refractivity contribution >= 4 is 23.6 Å². The normalized spacial score (nSPS) is 22.5. The Bertz CT molecular complexity index is 774. The molecule has 1 unspecified atom stereocenters. The molecule has 10 heteroatoms. The van der Waals surface area contributed by atoms with Crippen LogP contribution in [0.4, 0.5) is 13.2 Å². The molecule has 30 heavy (non-hydrogen) atoms. The van der Waals surface area contributed by atoms with Crippen LogP contribution < -0.4 is 0 Å². The third-order valence-electron chi connectivity index (χ3n) is 5.25. The van der Waals surface area contributed by atoms with Crippen molar-refractivity contribution in [1.82, 2.24) is 9.88 Å². The summed E-state index contributed by atoms with van der Waals surface area (Å²) in [6, 6.07) is 3.99. The summed E-state index contributed by atoms with van der Waals surface area (Å²) >= 11 is 1.99. The fraction of sp³-hybridized carbons (Fsp3) is 0.550. The monoisotopic (exact) mass is 444 g/mol. The van der Waals surface area contributed by atoms with E-state index in [1.54, 1.807) is 6.20 Å². The van der Waals surface area contributed by atoms with Gasteiger partial charge in [0.25, 0.3) is 0 Å². The van der Waals surface area contributed by atoms with Crippen LogP contribution in [0.15, 0.2) is 36.7 Å². The molecule has 1 amide bonds. The summed E-state index contributed by atoms with van der Waals surface area (Å²) in [7, 11) is 0. The Balaban J connectivity index is 0.000000318. The Hall–Kier alpha value is -2.07. The van der Waals surface area contributed by atoms with Gasteiger partial charge in [-0.1, -0.05) is 18.2 Å². The van der Waals surface area contributed by atoms with Crippen LogP contribution in [0.5, 0.6) is 0 Å². The molecule has 0 radical (unpaired) electrons. The van der Waals surface area contributed by atoms with Crippen LogP contribution in [0.25, 0.3) is 0 Å². The average Bonchev–Trinajstić information content (AvgIpc) is 3.35. The Kier molecular flexibility index (Phi) is 7.07. The maximum Gasteiger partial charge on any atom is 0.490 e. The number of pyridine rings is 1. The van der Waals surface area contributed by atoms with Crippen molar-refractivity contribution < 1.29 is 32.6 Å².